The smallest absolute Gasteiger partial charge is 0.269 e. The van der Waals surface area contributed by atoms with Gasteiger partial charge in [0.25, 0.3) is 11.9 Å². The highest BCUT2D eigenvalue weighted by Gasteiger charge is 2.30. The average molecular weight is 259 g/mol. The van der Waals surface area contributed by atoms with Crippen LogP contribution in [0.1, 0.15) is 16.7 Å². The highest BCUT2D eigenvalue weighted by molar-refractivity contribution is 5.93. The lowest BCUT2D eigenvalue weighted by atomic mass is 10.0. The number of anilines is 1. The van der Waals surface area contributed by atoms with Gasteiger partial charge in [0.15, 0.2) is 6.10 Å². The summed E-state index contributed by atoms with van der Waals surface area (Å²) in [4.78, 5) is 12.0. The van der Waals surface area contributed by atoms with E-state index >= 15 is 0 Å². The Labute approximate surface area is 109 Å². The third-order valence-electron chi connectivity index (χ3n) is 3.22. The lowest BCUT2D eigenvalue weighted by molar-refractivity contribution is -0.122. The predicted molar refractivity (Wildman–Crippen MR) is 66.8 cm³/mol. The molecule has 1 aliphatic heterocycles. The highest BCUT2D eigenvalue weighted by atomic mass is 16.5. The molecule has 1 unspecified atom stereocenters. The van der Waals surface area contributed by atoms with Crippen LogP contribution in [0.3, 0.4) is 0 Å². The average Bonchev–Trinajstić information content (AvgIpc) is 2.99. The Morgan fingerprint density at radius 1 is 1.42 bits per heavy atom. The number of aryl methyl sites for hydroxylation is 2. The maximum absolute atomic E-state index is 12.0. The zero-order valence-electron chi connectivity index (χ0n) is 10.6. The predicted octanol–water partition coefficient (Wildman–Crippen LogP) is 0.759. The van der Waals surface area contributed by atoms with Gasteiger partial charge in [0.1, 0.15) is 5.75 Å². The second-order valence-electron chi connectivity index (χ2n) is 4.58. The second-order valence-corrected chi connectivity index (χ2v) is 4.58. The van der Waals surface area contributed by atoms with Crippen molar-refractivity contribution in [3.63, 3.8) is 0 Å². The molecule has 0 bridgehead atoms. The van der Waals surface area contributed by atoms with E-state index in [0.717, 1.165) is 16.9 Å². The van der Waals surface area contributed by atoms with E-state index in [1.165, 1.54) is 5.56 Å². The van der Waals surface area contributed by atoms with E-state index in [0.29, 0.717) is 6.42 Å². The number of hydrogen-bond donors (Lipinski definition) is 2. The Hall–Kier alpha value is -2.44. The number of carbonyl (C=O) groups is 1. The second kappa shape index (κ2) is 4.34. The van der Waals surface area contributed by atoms with Crippen molar-refractivity contribution in [3.8, 4) is 5.75 Å². The van der Waals surface area contributed by atoms with Crippen LogP contribution in [-0.2, 0) is 11.2 Å². The van der Waals surface area contributed by atoms with Crippen molar-refractivity contribution < 1.29 is 9.53 Å². The van der Waals surface area contributed by atoms with Gasteiger partial charge < -0.3 is 4.74 Å². The van der Waals surface area contributed by atoms with E-state index in [9.17, 15) is 4.79 Å². The largest absolute Gasteiger partial charge is 0.480 e. The number of aromatic nitrogens is 4. The summed E-state index contributed by atoms with van der Waals surface area (Å²) in [5, 5.41) is 15.5. The summed E-state index contributed by atoms with van der Waals surface area (Å²) in [6, 6.07) is 4.03. The van der Waals surface area contributed by atoms with Gasteiger partial charge in [-0.2, -0.15) is 5.21 Å². The molecule has 0 spiro atoms. The van der Waals surface area contributed by atoms with Crippen molar-refractivity contribution in [2.24, 2.45) is 0 Å². The van der Waals surface area contributed by atoms with Gasteiger partial charge in [-0.3, -0.25) is 10.1 Å². The first kappa shape index (κ1) is 11.6. The molecule has 1 amide bonds. The highest BCUT2D eigenvalue weighted by Crippen LogP contribution is 2.31. The lowest BCUT2D eigenvalue weighted by Gasteiger charge is -2.08. The molecule has 1 aliphatic rings. The summed E-state index contributed by atoms with van der Waals surface area (Å²) in [5.74, 6) is 0.654. The van der Waals surface area contributed by atoms with Crippen LogP contribution in [0.4, 0.5) is 5.95 Å². The number of H-pyrrole nitrogens is 1. The van der Waals surface area contributed by atoms with Gasteiger partial charge in [-0.25, -0.2) is 0 Å². The molecule has 0 saturated heterocycles. The van der Waals surface area contributed by atoms with E-state index in [1.54, 1.807) is 0 Å². The summed E-state index contributed by atoms with van der Waals surface area (Å²) in [5.41, 5.74) is 3.40. The number of amides is 1. The molecule has 0 radical (unpaired) electrons. The molecule has 98 valence electrons. The maximum atomic E-state index is 12.0. The molecular weight excluding hydrogens is 246 g/mol. The van der Waals surface area contributed by atoms with E-state index in [2.05, 4.69) is 32.0 Å². The fraction of sp³-hybridized carbons (Fsp3) is 0.333. The van der Waals surface area contributed by atoms with Gasteiger partial charge in [-0.1, -0.05) is 11.2 Å². The van der Waals surface area contributed by atoms with Crippen LogP contribution in [0.5, 0.6) is 5.75 Å². The maximum Gasteiger partial charge on any atom is 0.269 e. The Kier molecular flexibility index (Phi) is 2.66. The topological polar surface area (TPSA) is 92.8 Å². The molecule has 2 aromatic rings. The third-order valence-corrected chi connectivity index (χ3v) is 3.22. The van der Waals surface area contributed by atoms with Crippen molar-refractivity contribution in [2.45, 2.75) is 26.4 Å². The quantitative estimate of drug-likeness (QED) is 0.830. The molecule has 2 N–H and O–H groups in total. The number of rotatable bonds is 2. The first-order valence-corrected chi connectivity index (χ1v) is 5.94. The Balaban J connectivity index is 1.74. The van der Waals surface area contributed by atoms with Crippen LogP contribution in [0, 0.1) is 13.8 Å². The minimum absolute atomic E-state index is 0.150. The summed E-state index contributed by atoms with van der Waals surface area (Å²) in [7, 11) is 0. The van der Waals surface area contributed by atoms with E-state index in [4.69, 9.17) is 4.74 Å². The van der Waals surface area contributed by atoms with E-state index < -0.39 is 6.10 Å². The monoisotopic (exact) mass is 259 g/mol. The molecular formula is C12H13N5O2. The Morgan fingerprint density at radius 3 is 2.95 bits per heavy atom. The van der Waals surface area contributed by atoms with Crippen molar-refractivity contribution >= 4 is 11.9 Å². The van der Waals surface area contributed by atoms with Crippen LogP contribution in [0.25, 0.3) is 0 Å². The first-order chi connectivity index (χ1) is 9.13. The van der Waals surface area contributed by atoms with Crippen molar-refractivity contribution in [1.29, 1.82) is 0 Å². The first-order valence-electron chi connectivity index (χ1n) is 5.94. The summed E-state index contributed by atoms with van der Waals surface area (Å²) in [6.07, 6.45) is 0.00912. The number of benzene rings is 1. The molecule has 7 nitrogen and oxygen atoms in total. The molecule has 7 heteroatoms. The molecule has 1 atom stereocenters. The normalized spacial score (nSPS) is 16.8. The van der Waals surface area contributed by atoms with Crippen LogP contribution in [-0.4, -0.2) is 32.6 Å². The van der Waals surface area contributed by atoms with Crippen LogP contribution in [0.15, 0.2) is 12.1 Å². The minimum Gasteiger partial charge on any atom is -0.480 e. The van der Waals surface area contributed by atoms with Gasteiger partial charge >= 0.3 is 0 Å². The fourth-order valence-electron chi connectivity index (χ4n) is 2.07. The molecule has 2 heterocycles. The van der Waals surface area contributed by atoms with Gasteiger partial charge in [-0.15, -0.1) is 5.10 Å². The van der Waals surface area contributed by atoms with E-state index in [1.807, 2.05) is 19.9 Å². The number of carbonyl (C=O) groups excluding carboxylic acids is 1. The number of ether oxygens (including phenoxy) is 1. The zero-order valence-corrected chi connectivity index (χ0v) is 10.6. The van der Waals surface area contributed by atoms with Gasteiger partial charge in [-0.05, 0) is 41.8 Å². The van der Waals surface area contributed by atoms with Crippen molar-refractivity contribution in [2.75, 3.05) is 5.32 Å². The Morgan fingerprint density at radius 2 is 2.21 bits per heavy atom. The molecule has 0 saturated carbocycles. The molecule has 19 heavy (non-hydrogen) atoms. The van der Waals surface area contributed by atoms with Crippen LogP contribution < -0.4 is 10.1 Å². The number of nitrogens with one attached hydrogen (secondary N) is 2. The summed E-state index contributed by atoms with van der Waals surface area (Å²) >= 11 is 0. The molecule has 1 aromatic heterocycles. The third kappa shape index (κ3) is 2.14. The Bertz CT molecular complexity index is 592. The number of hydrogen-bond acceptors (Lipinski definition) is 5. The van der Waals surface area contributed by atoms with Crippen molar-refractivity contribution in [3.05, 3.63) is 28.8 Å². The van der Waals surface area contributed by atoms with E-state index in [-0.39, 0.29) is 11.9 Å². The summed E-state index contributed by atoms with van der Waals surface area (Å²) in [6.45, 7) is 4.06. The SMILES string of the molecule is Cc1cc2c(cc1C)OC(C(=O)Nc1nn[nH]n1)C2. The van der Waals surface area contributed by atoms with Gasteiger partial charge in [0.2, 0.25) is 0 Å². The molecule has 1 aromatic carbocycles. The number of nitrogens with zero attached hydrogens (tertiary/aromatic N) is 3. The van der Waals surface area contributed by atoms with Gasteiger partial charge in [0, 0.05) is 6.42 Å². The van der Waals surface area contributed by atoms with Crippen LogP contribution >= 0.6 is 0 Å². The standard InChI is InChI=1S/C12H13N5O2/c1-6-3-8-5-10(19-9(8)4-7(6)2)11(18)13-12-14-16-17-15-12/h3-4,10H,5H2,1-2H3,(H2,13,14,15,16,17,18). The number of aromatic amines is 1. The number of fused-ring (bicyclic) bond motifs is 1. The summed E-state index contributed by atoms with van der Waals surface area (Å²) < 4.78 is 5.66. The van der Waals surface area contributed by atoms with Gasteiger partial charge in [0.05, 0.1) is 0 Å². The van der Waals surface area contributed by atoms with Crippen molar-refractivity contribution in [1.82, 2.24) is 20.6 Å². The lowest BCUT2D eigenvalue weighted by Crippen LogP contribution is -2.31. The number of tetrazole rings is 1. The zero-order chi connectivity index (χ0) is 13.4. The fourth-order valence-corrected chi connectivity index (χ4v) is 2.07. The minimum atomic E-state index is -0.547. The van der Waals surface area contributed by atoms with Crippen LogP contribution in [0.2, 0.25) is 0 Å². The molecule has 0 aliphatic carbocycles. The molecule has 0 fully saturated rings. The molecule has 3 rings (SSSR count).